The van der Waals surface area contributed by atoms with Crippen LogP contribution in [-0.2, 0) is 12.7 Å². The van der Waals surface area contributed by atoms with Crippen molar-refractivity contribution in [3.8, 4) is 10.6 Å². The third kappa shape index (κ3) is 2.30. The van der Waals surface area contributed by atoms with Crippen LogP contribution in [0.15, 0.2) is 23.7 Å². The summed E-state index contributed by atoms with van der Waals surface area (Å²) in [5.41, 5.74) is 5.88. The van der Waals surface area contributed by atoms with E-state index in [1.54, 1.807) is 6.07 Å². The number of thiazole rings is 1. The van der Waals surface area contributed by atoms with Crippen LogP contribution in [0.5, 0.6) is 0 Å². The fourth-order valence-electron chi connectivity index (χ4n) is 1.80. The van der Waals surface area contributed by atoms with Crippen molar-refractivity contribution in [2.24, 2.45) is 5.73 Å². The Kier molecular flexibility index (Phi) is 3.23. The number of hydrogen-bond acceptors (Lipinski definition) is 5. The molecule has 0 aliphatic carbocycles. The molecule has 0 radical (unpaired) electrons. The second-order valence-corrected chi connectivity index (χ2v) is 6.05. The molecule has 0 saturated carbocycles. The van der Waals surface area contributed by atoms with E-state index in [9.17, 15) is 13.2 Å². The predicted molar refractivity (Wildman–Crippen MR) is 73.6 cm³/mol. The van der Waals surface area contributed by atoms with Crippen molar-refractivity contribution in [1.82, 2.24) is 9.97 Å². The quantitative estimate of drug-likeness (QED) is 0.780. The molecule has 2 N–H and O–H groups in total. The van der Waals surface area contributed by atoms with Crippen LogP contribution >= 0.6 is 22.7 Å². The van der Waals surface area contributed by atoms with Gasteiger partial charge in [0.25, 0.3) is 0 Å². The molecule has 0 aliphatic heterocycles. The van der Waals surface area contributed by atoms with Crippen molar-refractivity contribution in [2.45, 2.75) is 12.7 Å². The largest absolute Gasteiger partial charge is 0.434 e. The number of fused-ring (bicyclic) bond motifs is 1. The summed E-state index contributed by atoms with van der Waals surface area (Å²) in [4.78, 5) is 7.94. The van der Waals surface area contributed by atoms with E-state index in [2.05, 4.69) is 9.97 Å². The minimum absolute atomic E-state index is 0.0405. The van der Waals surface area contributed by atoms with Crippen molar-refractivity contribution in [3.05, 3.63) is 34.3 Å². The molecule has 104 valence electrons. The normalized spacial score (nSPS) is 12.2. The number of rotatable bonds is 2. The van der Waals surface area contributed by atoms with Crippen LogP contribution in [0.4, 0.5) is 13.2 Å². The number of thiophene rings is 1. The molecule has 0 fully saturated rings. The van der Waals surface area contributed by atoms with Gasteiger partial charge in [-0.05, 0) is 17.5 Å². The van der Waals surface area contributed by atoms with Crippen molar-refractivity contribution in [2.75, 3.05) is 0 Å². The van der Waals surface area contributed by atoms with Gasteiger partial charge in [0.15, 0.2) is 5.69 Å². The standard InChI is InChI=1S/C12H8F3N3S2/c13-12(14,15)10-9(4-16)20-11(18-10)6-3-8-7(17-5-6)1-2-19-8/h1-3,5H,4,16H2. The highest BCUT2D eigenvalue weighted by molar-refractivity contribution is 7.17. The van der Waals surface area contributed by atoms with Gasteiger partial charge in [0.05, 0.1) is 15.1 Å². The smallest absolute Gasteiger partial charge is 0.326 e. The van der Waals surface area contributed by atoms with Crippen LogP contribution in [-0.4, -0.2) is 9.97 Å². The Bertz CT molecular complexity index is 761. The Hall–Kier alpha value is -1.51. The average molecular weight is 315 g/mol. The fraction of sp³-hybridized carbons (Fsp3) is 0.167. The second kappa shape index (κ2) is 4.80. The molecule has 0 aromatic carbocycles. The topological polar surface area (TPSA) is 51.8 Å². The van der Waals surface area contributed by atoms with E-state index in [1.807, 2.05) is 11.4 Å². The molecule has 0 saturated heterocycles. The Morgan fingerprint density at radius 3 is 2.75 bits per heavy atom. The van der Waals surface area contributed by atoms with Crippen molar-refractivity contribution in [1.29, 1.82) is 0 Å². The Morgan fingerprint density at radius 1 is 1.30 bits per heavy atom. The lowest BCUT2D eigenvalue weighted by Crippen LogP contribution is -2.10. The van der Waals surface area contributed by atoms with Gasteiger partial charge in [0, 0.05) is 18.3 Å². The van der Waals surface area contributed by atoms with E-state index in [0.29, 0.717) is 10.6 Å². The van der Waals surface area contributed by atoms with Crippen LogP contribution in [0.2, 0.25) is 0 Å². The summed E-state index contributed by atoms with van der Waals surface area (Å²) in [6, 6.07) is 3.66. The Labute approximate surface area is 119 Å². The van der Waals surface area contributed by atoms with Crippen molar-refractivity contribution >= 4 is 32.9 Å². The van der Waals surface area contributed by atoms with E-state index < -0.39 is 11.9 Å². The number of hydrogen-bond donors (Lipinski definition) is 1. The first-order valence-corrected chi connectivity index (χ1v) is 7.29. The minimum Gasteiger partial charge on any atom is -0.326 e. The first kappa shape index (κ1) is 13.5. The number of nitrogens with zero attached hydrogens (tertiary/aromatic N) is 2. The monoisotopic (exact) mass is 315 g/mol. The first-order valence-electron chi connectivity index (χ1n) is 5.59. The molecule has 3 heterocycles. The number of pyridine rings is 1. The predicted octanol–water partition coefficient (Wildman–Crippen LogP) is 3.90. The SMILES string of the molecule is NCc1sc(-c2cnc3ccsc3c2)nc1C(F)(F)F. The van der Waals surface area contributed by atoms with E-state index >= 15 is 0 Å². The molecular formula is C12H8F3N3S2. The average Bonchev–Trinajstić information content (AvgIpc) is 3.03. The van der Waals surface area contributed by atoms with Crippen LogP contribution in [0.1, 0.15) is 10.6 Å². The minimum atomic E-state index is -4.48. The lowest BCUT2D eigenvalue weighted by Gasteiger charge is -2.03. The van der Waals surface area contributed by atoms with E-state index in [4.69, 9.17) is 5.73 Å². The molecule has 3 aromatic heterocycles. The summed E-state index contributed by atoms with van der Waals surface area (Å²) in [5.74, 6) is 0. The lowest BCUT2D eigenvalue weighted by atomic mass is 10.3. The summed E-state index contributed by atoms with van der Waals surface area (Å²) < 4.78 is 39.4. The van der Waals surface area contributed by atoms with Gasteiger partial charge in [-0.15, -0.1) is 22.7 Å². The lowest BCUT2D eigenvalue weighted by molar-refractivity contribution is -0.141. The number of alkyl halides is 3. The third-order valence-corrected chi connectivity index (χ3v) is 4.68. The molecule has 8 heteroatoms. The molecule has 3 nitrogen and oxygen atoms in total. The van der Waals surface area contributed by atoms with Crippen LogP contribution in [0.25, 0.3) is 20.8 Å². The molecule has 0 aliphatic rings. The number of nitrogens with two attached hydrogens (primary N) is 1. The molecule has 3 rings (SSSR count). The highest BCUT2D eigenvalue weighted by Crippen LogP contribution is 2.38. The molecule has 0 atom stereocenters. The van der Waals surface area contributed by atoms with E-state index in [0.717, 1.165) is 21.6 Å². The van der Waals surface area contributed by atoms with Gasteiger partial charge in [-0.3, -0.25) is 4.98 Å². The van der Waals surface area contributed by atoms with Gasteiger partial charge in [0.1, 0.15) is 5.01 Å². The molecule has 0 spiro atoms. The fourth-order valence-corrected chi connectivity index (χ4v) is 3.52. The van der Waals surface area contributed by atoms with Gasteiger partial charge < -0.3 is 5.73 Å². The maximum absolute atomic E-state index is 12.8. The third-order valence-electron chi connectivity index (χ3n) is 2.70. The highest BCUT2D eigenvalue weighted by atomic mass is 32.1. The zero-order chi connectivity index (χ0) is 14.3. The van der Waals surface area contributed by atoms with Gasteiger partial charge in [0.2, 0.25) is 0 Å². The van der Waals surface area contributed by atoms with Crippen LogP contribution < -0.4 is 5.73 Å². The maximum atomic E-state index is 12.8. The van der Waals surface area contributed by atoms with Crippen LogP contribution in [0, 0.1) is 0 Å². The highest BCUT2D eigenvalue weighted by Gasteiger charge is 2.37. The summed E-state index contributed by atoms with van der Waals surface area (Å²) in [7, 11) is 0. The summed E-state index contributed by atoms with van der Waals surface area (Å²) in [5, 5.41) is 2.18. The van der Waals surface area contributed by atoms with Crippen LogP contribution in [0.3, 0.4) is 0 Å². The number of halogens is 3. The molecule has 3 aromatic rings. The molecule has 0 bridgehead atoms. The Balaban J connectivity index is 2.11. The van der Waals surface area contributed by atoms with Gasteiger partial charge in [-0.2, -0.15) is 13.2 Å². The summed E-state index contributed by atoms with van der Waals surface area (Å²) in [6.07, 6.45) is -2.95. The zero-order valence-electron chi connectivity index (χ0n) is 9.94. The second-order valence-electron chi connectivity index (χ2n) is 4.02. The molecular weight excluding hydrogens is 307 g/mol. The maximum Gasteiger partial charge on any atom is 0.434 e. The molecule has 20 heavy (non-hydrogen) atoms. The van der Waals surface area contributed by atoms with E-state index in [1.165, 1.54) is 17.5 Å². The first-order chi connectivity index (χ1) is 9.49. The Morgan fingerprint density at radius 2 is 2.10 bits per heavy atom. The summed E-state index contributed by atoms with van der Waals surface area (Å²) >= 11 is 2.45. The van der Waals surface area contributed by atoms with Gasteiger partial charge in [-0.1, -0.05) is 0 Å². The zero-order valence-corrected chi connectivity index (χ0v) is 11.6. The molecule has 0 unspecified atom stereocenters. The molecule has 0 amide bonds. The summed E-state index contributed by atoms with van der Waals surface area (Å²) in [6.45, 7) is -0.179. The number of aromatic nitrogens is 2. The van der Waals surface area contributed by atoms with Crippen molar-refractivity contribution < 1.29 is 13.2 Å². The van der Waals surface area contributed by atoms with Gasteiger partial charge in [-0.25, -0.2) is 4.98 Å². The van der Waals surface area contributed by atoms with Crippen molar-refractivity contribution in [3.63, 3.8) is 0 Å². The van der Waals surface area contributed by atoms with Gasteiger partial charge >= 0.3 is 6.18 Å². The van der Waals surface area contributed by atoms with E-state index in [-0.39, 0.29) is 11.4 Å².